The summed E-state index contributed by atoms with van der Waals surface area (Å²) in [5.41, 5.74) is 4.47. The van der Waals surface area contributed by atoms with Gasteiger partial charge in [0.05, 0.1) is 0 Å². The van der Waals surface area contributed by atoms with Crippen molar-refractivity contribution in [1.29, 1.82) is 0 Å². The van der Waals surface area contributed by atoms with Gasteiger partial charge < -0.3 is 10.6 Å². The molecular weight excluding hydrogens is 189 g/mol. The summed E-state index contributed by atoms with van der Waals surface area (Å²) in [6, 6.07) is 0. The topological polar surface area (TPSA) is 63.4 Å². The molecule has 78 valence electrons. The second kappa shape index (κ2) is 5.39. The first-order valence-corrected chi connectivity index (χ1v) is 3.13. The number of carbonyl (C=O) groups is 2. The van der Waals surface area contributed by atoms with E-state index in [9.17, 15) is 22.8 Å². The lowest BCUT2D eigenvalue weighted by Gasteiger charge is -2.11. The molecule has 4 nitrogen and oxygen atoms in total. The summed E-state index contributed by atoms with van der Waals surface area (Å²) in [7, 11) is 2.10. The van der Waals surface area contributed by atoms with Gasteiger partial charge in [0.1, 0.15) is 0 Å². The third-order valence-electron chi connectivity index (χ3n) is 0.649. The Morgan fingerprint density at radius 1 is 1.23 bits per heavy atom. The molecule has 0 aromatic rings. The average molecular weight is 200 g/mol. The zero-order chi connectivity index (χ0) is 11.2. The fourth-order valence-electron chi connectivity index (χ4n) is 0.254. The fourth-order valence-corrected chi connectivity index (χ4v) is 0.254. The van der Waals surface area contributed by atoms with Crippen LogP contribution in [0.4, 0.5) is 13.2 Å². The first-order valence-electron chi connectivity index (χ1n) is 3.13. The summed E-state index contributed by atoms with van der Waals surface area (Å²) in [5, 5.41) is 0. The molecule has 0 aromatic carbocycles. The summed E-state index contributed by atoms with van der Waals surface area (Å²) in [6.45, 7) is 1.31. The number of alkyl halides is 3. The Kier molecular flexibility index (Phi) is 5.91. The molecule has 0 aliphatic heterocycles. The summed E-state index contributed by atoms with van der Waals surface area (Å²) in [6.07, 6.45) is -4.73. The Hall–Kier alpha value is -1.27. The van der Waals surface area contributed by atoms with E-state index in [1.807, 2.05) is 0 Å². The van der Waals surface area contributed by atoms with E-state index in [1.54, 1.807) is 0 Å². The van der Waals surface area contributed by atoms with Gasteiger partial charge in [-0.1, -0.05) is 0 Å². The summed E-state index contributed by atoms with van der Waals surface area (Å²) in [5.74, 6) is -2.16. The highest BCUT2D eigenvalue weighted by atomic mass is 19.4. The molecular formula is C6H11F3N2O2. The SMILES string of the molecule is CC(N)=O.CN(C)C(=O)C(F)(F)F. The van der Waals surface area contributed by atoms with E-state index < -0.39 is 12.1 Å². The number of hydrogen-bond donors (Lipinski definition) is 1. The van der Waals surface area contributed by atoms with E-state index in [4.69, 9.17) is 0 Å². The van der Waals surface area contributed by atoms with Gasteiger partial charge in [0.2, 0.25) is 5.91 Å². The maximum Gasteiger partial charge on any atom is 0.471 e. The molecule has 0 saturated heterocycles. The zero-order valence-electron chi connectivity index (χ0n) is 7.47. The smallest absolute Gasteiger partial charge is 0.370 e. The van der Waals surface area contributed by atoms with E-state index in [0.29, 0.717) is 4.90 Å². The third kappa shape index (κ3) is 10.7. The summed E-state index contributed by atoms with van der Waals surface area (Å²) >= 11 is 0. The van der Waals surface area contributed by atoms with Crippen LogP contribution in [-0.4, -0.2) is 37.0 Å². The van der Waals surface area contributed by atoms with Gasteiger partial charge >= 0.3 is 12.1 Å². The highest BCUT2D eigenvalue weighted by molar-refractivity contribution is 5.81. The minimum absolute atomic E-state index is 0.333. The Morgan fingerprint density at radius 2 is 1.46 bits per heavy atom. The molecule has 2 N–H and O–H groups in total. The van der Waals surface area contributed by atoms with E-state index in [0.717, 1.165) is 14.1 Å². The van der Waals surface area contributed by atoms with Crippen molar-refractivity contribution in [2.24, 2.45) is 5.73 Å². The lowest BCUT2D eigenvalue weighted by atomic mass is 10.5. The van der Waals surface area contributed by atoms with E-state index in [-0.39, 0.29) is 5.91 Å². The molecule has 0 atom stereocenters. The van der Waals surface area contributed by atoms with E-state index in [2.05, 4.69) is 5.73 Å². The normalized spacial score (nSPS) is 9.69. The zero-order valence-corrected chi connectivity index (χ0v) is 7.47. The molecule has 2 amide bonds. The lowest BCUT2D eigenvalue weighted by Crippen LogP contribution is -2.35. The van der Waals surface area contributed by atoms with Crippen molar-refractivity contribution in [1.82, 2.24) is 4.90 Å². The molecule has 0 rings (SSSR count). The molecule has 0 heterocycles. The molecule has 0 unspecified atom stereocenters. The molecule has 13 heavy (non-hydrogen) atoms. The van der Waals surface area contributed by atoms with Crippen LogP contribution < -0.4 is 5.73 Å². The van der Waals surface area contributed by atoms with Crippen molar-refractivity contribution < 1.29 is 22.8 Å². The van der Waals surface area contributed by atoms with Gasteiger partial charge in [-0.2, -0.15) is 13.2 Å². The van der Waals surface area contributed by atoms with Crippen LogP contribution in [-0.2, 0) is 9.59 Å². The van der Waals surface area contributed by atoms with Crippen molar-refractivity contribution in [2.75, 3.05) is 14.1 Å². The second-order valence-electron chi connectivity index (χ2n) is 2.31. The quantitative estimate of drug-likeness (QED) is 0.604. The number of nitrogens with zero attached hydrogens (tertiary/aromatic N) is 1. The van der Waals surface area contributed by atoms with Crippen molar-refractivity contribution >= 4 is 11.8 Å². The highest BCUT2D eigenvalue weighted by Gasteiger charge is 2.39. The minimum Gasteiger partial charge on any atom is -0.370 e. The fraction of sp³-hybridized carbons (Fsp3) is 0.667. The van der Waals surface area contributed by atoms with Crippen LogP contribution in [0.1, 0.15) is 6.92 Å². The number of hydrogen-bond acceptors (Lipinski definition) is 2. The van der Waals surface area contributed by atoms with E-state index in [1.165, 1.54) is 6.92 Å². The minimum atomic E-state index is -4.73. The maximum absolute atomic E-state index is 11.3. The lowest BCUT2D eigenvalue weighted by molar-refractivity contribution is -0.182. The van der Waals surface area contributed by atoms with Crippen molar-refractivity contribution in [3.05, 3.63) is 0 Å². The Bertz CT molecular complexity index is 185. The van der Waals surface area contributed by atoms with E-state index >= 15 is 0 Å². The second-order valence-corrected chi connectivity index (χ2v) is 2.31. The monoisotopic (exact) mass is 200 g/mol. The molecule has 0 saturated carbocycles. The molecule has 0 fully saturated rings. The molecule has 0 aromatic heterocycles. The summed E-state index contributed by atoms with van der Waals surface area (Å²) in [4.78, 5) is 19.7. The first-order chi connectivity index (χ1) is 5.59. The van der Waals surface area contributed by atoms with Crippen LogP contribution in [0, 0.1) is 0 Å². The number of nitrogens with two attached hydrogens (primary N) is 1. The number of amides is 2. The molecule has 0 bridgehead atoms. The number of primary amides is 1. The Balaban J connectivity index is 0. The molecule has 7 heteroatoms. The standard InChI is InChI=1S/C4H6F3NO.C2H5NO/c1-8(2)3(9)4(5,6)7;1-2(3)4/h1-2H3;1H3,(H2,3,4). The largest absolute Gasteiger partial charge is 0.471 e. The number of carbonyl (C=O) groups excluding carboxylic acids is 2. The number of rotatable bonds is 0. The van der Waals surface area contributed by atoms with Crippen molar-refractivity contribution in [2.45, 2.75) is 13.1 Å². The predicted octanol–water partition coefficient (Wildman–Crippen LogP) is 0.128. The van der Waals surface area contributed by atoms with Gasteiger partial charge in [-0.15, -0.1) is 0 Å². The average Bonchev–Trinajstić information content (AvgIpc) is 1.82. The number of halogens is 3. The van der Waals surface area contributed by atoms with Gasteiger partial charge in [-0.25, -0.2) is 0 Å². The Morgan fingerprint density at radius 3 is 1.46 bits per heavy atom. The van der Waals surface area contributed by atoms with Crippen LogP contribution in [0.15, 0.2) is 0 Å². The summed E-state index contributed by atoms with van der Waals surface area (Å²) < 4.78 is 33.9. The maximum atomic E-state index is 11.3. The van der Waals surface area contributed by atoms with Crippen molar-refractivity contribution in [3.63, 3.8) is 0 Å². The van der Waals surface area contributed by atoms with Crippen molar-refractivity contribution in [3.8, 4) is 0 Å². The van der Waals surface area contributed by atoms with Gasteiger partial charge in [-0.3, -0.25) is 9.59 Å². The molecule has 0 aliphatic rings. The van der Waals surface area contributed by atoms with Gasteiger partial charge in [-0.05, 0) is 0 Å². The van der Waals surface area contributed by atoms with Crippen LogP contribution in [0.2, 0.25) is 0 Å². The first kappa shape index (κ1) is 14.3. The molecule has 0 spiro atoms. The van der Waals surface area contributed by atoms with Crippen LogP contribution in [0.25, 0.3) is 0 Å². The Labute approximate surface area is 73.5 Å². The third-order valence-corrected chi connectivity index (χ3v) is 0.649. The van der Waals surface area contributed by atoms with Gasteiger partial charge in [0.25, 0.3) is 0 Å². The van der Waals surface area contributed by atoms with Gasteiger partial charge in [0, 0.05) is 21.0 Å². The van der Waals surface area contributed by atoms with Crippen LogP contribution in [0.5, 0.6) is 0 Å². The molecule has 0 aliphatic carbocycles. The molecule has 0 radical (unpaired) electrons. The van der Waals surface area contributed by atoms with Crippen LogP contribution in [0.3, 0.4) is 0 Å². The van der Waals surface area contributed by atoms with Crippen LogP contribution >= 0.6 is 0 Å². The highest BCUT2D eigenvalue weighted by Crippen LogP contribution is 2.16. The predicted molar refractivity (Wildman–Crippen MR) is 39.6 cm³/mol. The van der Waals surface area contributed by atoms with Gasteiger partial charge in [0.15, 0.2) is 0 Å².